The molecule has 1 aromatic heterocycles. The predicted molar refractivity (Wildman–Crippen MR) is 68.3 cm³/mol. The van der Waals surface area contributed by atoms with E-state index < -0.39 is 0 Å². The van der Waals surface area contributed by atoms with Crippen LogP contribution in [0.25, 0.3) is 0 Å². The summed E-state index contributed by atoms with van der Waals surface area (Å²) in [5, 5.41) is 5.88. The van der Waals surface area contributed by atoms with Crippen molar-refractivity contribution in [3.8, 4) is 0 Å². The van der Waals surface area contributed by atoms with Crippen molar-refractivity contribution in [1.82, 2.24) is 10.5 Å². The average Bonchev–Trinajstić information content (AvgIpc) is 2.80. The van der Waals surface area contributed by atoms with E-state index >= 15 is 0 Å². The number of hydrogen-bond acceptors (Lipinski definition) is 3. The van der Waals surface area contributed by atoms with Gasteiger partial charge < -0.3 is 9.84 Å². The zero-order valence-corrected chi connectivity index (χ0v) is 10.1. The van der Waals surface area contributed by atoms with E-state index in [-0.39, 0.29) is 11.6 Å². The smallest absolute Gasteiger partial charge is 0.284 e. The Kier molecular flexibility index (Phi) is 3.02. The molecule has 3 rings (SSSR count). The van der Waals surface area contributed by atoms with Gasteiger partial charge in [0.1, 0.15) is 5.76 Å². The minimum Gasteiger partial charge on any atom is -0.383 e. The second-order valence-corrected chi connectivity index (χ2v) is 4.68. The maximum absolute atomic E-state index is 11.7. The molecule has 0 saturated carbocycles. The van der Waals surface area contributed by atoms with Crippen molar-refractivity contribution in [2.75, 3.05) is 0 Å². The second-order valence-electron chi connectivity index (χ2n) is 4.68. The predicted octanol–water partition coefficient (Wildman–Crippen LogP) is 2.14. The number of nitrogens with one attached hydrogen (secondary N) is 2. The number of H-pyrrole nitrogens is 1. The molecule has 0 spiro atoms. The summed E-state index contributed by atoms with van der Waals surface area (Å²) in [5.41, 5.74) is 1.93. The van der Waals surface area contributed by atoms with Crippen LogP contribution in [0.5, 0.6) is 0 Å². The lowest BCUT2D eigenvalue weighted by atomic mass is 9.93. The highest BCUT2D eigenvalue weighted by atomic mass is 16.5. The molecule has 1 aliphatic rings. The summed E-state index contributed by atoms with van der Waals surface area (Å²) in [5.74, 6) is 0.816. The van der Waals surface area contributed by atoms with Gasteiger partial charge in [-0.1, -0.05) is 30.3 Å². The van der Waals surface area contributed by atoms with Gasteiger partial charge in [-0.05, 0) is 18.4 Å². The molecule has 1 aromatic carbocycles. The first-order valence-corrected chi connectivity index (χ1v) is 6.32. The molecular formula is C14H16N2O2. The summed E-state index contributed by atoms with van der Waals surface area (Å²) in [6.07, 6.45) is 2.90. The fourth-order valence-corrected chi connectivity index (χ4v) is 2.53. The van der Waals surface area contributed by atoms with Gasteiger partial charge in [-0.2, -0.15) is 5.16 Å². The third kappa shape index (κ3) is 2.11. The summed E-state index contributed by atoms with van der Waals surface area (Å²) in [6, 6.07) is 10.3. The molecular weight excluding hydrogens is 228 g/mol. The highest BCUT2D eigenvalue weighted by Gasteiger charge is 2.26. The van der Waals surface area contributed by atoms with Crippen LogP contribution in [0.3, 0.4) is 0 Å². The minimum absolute atomic E-state index is 0.0877. The van der Waals surface area contributed by atoms with Crippen LogP contribution in [0.2, 0.25) is 0 Å². The van der Waals surface area contributed by atoms with Crippen molar-refractivity contribution in [2.45, 2.75) is 31.8 Å². The molecule has 2 N–H and O–H groups in total. The molecule has 0 aliphatic heterocycles. The number of aromatic nitrogens is 1. The second kappa shape index (κ2) is 4.82. The molecule has 0 unspecified atom stereocenters. The molecule has 1 aliphatic carbocycles. The monoisotopic (exact) mass is 244 g/mol. The van der Waals surface area contributed by atoms with Crippen LogP contribution < -0.4 is 10.9 Å². The van der Waals surface area contributed by atoms with Crippen LogP contribution in [0.1, 0.15) is 35.8 Å². The van der Waals surface area contributed by atoms with Gasteiger partial charge in [0.05, 0.1) is 5.56 Å². The Bertz CT molecular complexity index is 571. The molecule has 18 heavy (non-hydrogen) atoms. The van der Waals surface area contributed by atoms with E-state index in [1.54, 1.807) is 0 Å². The highest BCUT2D eigenvalue weighted by Crippen LogP contribution is 2.27. The molecule has 0 saturated heterocycles. The molecule has 94 valence electrons. The number of aryl methyl sites for hydroxylation is 1. The van der Waals surface area contributed by atoms with Crippen molar-refractivity contribution in [1.29, 1.82) is 0 Å². The molecule has 0 radical (unpaired) electrons. The summed E-state index contributed by atoms with van der Waals surface area (Å²) < 4.78 is 5.19. The molecule has 0 fully saturated rings. The fourth-order valence-electron chi connectivity index (χ4n) is 2.53. The maximum atomic E-state index is 11.7. The largest absolute Gasteiger partial charge is 0.383 e. The van der Waals surface area contributed by atoms with Gasteiger partial charge in [-0.15, -0.1) is 0 Å². The first-order valence-electron chi connectivity index (χ1n) is 6.32. The Morgan fingerprint density at radius 3 is 3.00 bits per heavy atom. The van der Waals surface area contributed by atoms with Gasteiger partial charge in [0.15, 0.2) is 0 Å². The highest BCUT2D eigenvalue weighted by molar-refractivity contribution is 5.22. The lowest BCUT2D eigenvalue weighted by Crippen LogP contribution is -2.28. The molecule has 0 amide bonds. The van der Waals surface area contributed by atoms with Crippen molar-refractivity contribution in [3.05, 3.63) is 57.6 Å². The number of aromatic amines is 1. The number of rotatable bonds is 3. The zero-order chi connectivity index (χ0) is 12.4. The van der Waals surface area contributed by atoms with Crippen LogP contribution in [0.4, 0.5) is 0 Å². The van der Waals surface area contributed by atoms with Gasteiger partial charge in [0.25, 0.3) is 5.56 Å². The normalized spacial score (nSPS) is 18.6. The lowest BCUT2D eigenvalue weighted by molar-refractivity contribution is 0.353. The minimum atomic E-state index is -0.0877. The quantitative estimate of drug-likeness (QED) is 0.869. The van der Waals surface area contributed by atoms with Crippen LogP contribution in [0, 0.1) is 0 Å². The van der Waals surface area contributed by atoms with Gasteiger partial charge >= 0.3 is 0 Å². The van der Waals surface area contributed by atoms with E-state index in [0.717, 1.165) is 37.1 Å². The van der Waals surface area contributed by atoms with Crippen LogP contribution >= 0.6 is 0 Å². The van der Waals surface area contributed by atoms with Crippen LogP contribution in [-0.4, -0.2) is 5.16 Å². The summed E-state index contributed by atoms with van der Waals surface area (Å²) in [6.45, 7) is 0.773. The van der Waals surface area contributed by atoms with Crippen molar-refractivity contribution in [2.24, 2.45) is 0 Å². The molecule has 4 heteroatoms. The molecule has 4 nitrogen and oxygen atoms in total. The van der Waals surface area contributed by atoms with Crippen molar-refractivity contribution >= 4 is 0 Å². The number of fused-ring (bicyclic) bond motifs is 1. The Labute approximate surface area is 105 Å². The zero-order valence-electron chi connectivity index (χ0n) is 10.1. The Balaban J connectivity index is 1.75. The SMILES string of the molecule is O=c1[nH]oc2c1[C@H](NCc1ccccc1)CCC2. The van der Waals surface area contributed by atoms with E-state index in [2.05, 4.69) is 22.6 Å². The average molecular weight is 244 g/mol. The van der Waals surface area contributed by atoms with E-state index in [1.165, 1.54) is 5.56 Å². The molecule has 1 heterocycles. The van der Waals surface area contributed by atoms with Gasteiger partial charge in [0.2, 0.25) is 0 Å². The van der Waals surface area contributed by atoms with Gasteiger partial charge in [-0.25, -0.2) is 0 Å². The number of hydrogen-bond donors (Lipinski definition) is 2. The molecule has 0 bridgehead atoms. The first kappa shape index (κ1) is 11.3. The van der Waals surface area contributed by atoms with Crippen molar-refractivity contribution < 1.29 is 4.52 Å². The molecule has 2 aromatic rings. The third-order valence-electron chi connectivity index (χ3n) is 3.45. The Morgan fingerprint density at radius 2 is 2.17 bits per heavy atom. The maximum Gasteiger partial charge on any atom is 0.284 e. The van der Waals surface area contributed by atoms with E-state index in [1.807, 2.05) is 18.2 Å². The van der Waals surface area contributed by atoms with Gasteiger partial charge in [0, 0.05) is 19.0 Å². The standard InChI is InChI=1S/C14H16N2O2/c17-14-13-11(7-4-8-12(13)18-16-14)15-9-10-5-2-1-3-6-10/h1-3,5-6,11,15H,4,7-9H2,(H,16,17)/t11-/m1/s1. The Hall–Kier alpha value is -1.81. The van der Waals surface area contributed by atoms with Crippen LogP contribution in [0.15, 0.2) is 39.6 Å². The summed E-state index contributed by atoms with van der Waals surface area (Å²) in [4.78, 5) is 11.7. The summed E-state index contributed by atoms with van der Waals surface area (Å²) >= 11 is 0. The van der Waals surface area contributed by atoms with E-state index in [4.69, 9.17) is 4.52 Å². The first-order chi connectivity index (χ1) is 8.84. The van der Waals surface area contributed by atoms with E-state index in [0.29, 0.717) is 0 Å². The van der Waals surface area contributed by atoms with Gasteiger partial charge in [-0.3, -0.25) is 4.79 Å². The third-order valence-corrected chi connectivity index (χ3v) is 3.45. The van der Waals surface area contributed by atoms with E-state index in [9.17, 15) is 4.79 Å². The lowest BCUT2D eigenvalue weighted by Gasteiger charge is -2.21. The fraction of sp³-hybridized carbons (Fsp3) is 0.357. The van der Waals surface area contributed by atoms with Crippen molar-refractivity contribution in [3.63, 3.8) is 0 Å². The Morgan fingerprint density at radius 1 is 1.33 bits per heavy atom. The topological polar surface area (TPSA) is 58.0 Å². The van der Waals surface area contributed by atoms with Crippen LogP contribution in [-0.2, 0) is 13.0 Å². The number of benzene rings is 1. The summed E-state index contributed by atoms with van der Waals surface area (Å²) in [7, 11) is 0. The molecule has 1 atom stereocenters.